The molecule has 2 rings (SSSR count). The first kappa shape index (κ1) is 14.5. The van der Waals surface area contributed by atoms with Crippen LogP contribution in [0.5, 0.6) is 0 Å². The Kier molecular flexibility index (Phi) is 4.13. The topological polar surface area (TPSA) is 101 Å². The lowest BCUT2D eigenvalue weighted by molar-refractivity contribution is -0.384. The number of non-ortho nitro benzene ring substituents is 1. The van der Waals surface area contributed by atoms with E-state index in [-0.39, 0.29) is 11.4 Å². The molecule has 0 saturated carbocycles. The third kappa shape index (κ3) is 2.81. The highest BCUT2D eigenvalue weighted by atomic mass is 16.6. The number of hydrogen-bond acceptors (Lipinski definition) is 6. The van der Waals surface area contributed by atoms with Gasteiger partial charge in [0.2, 0.25) is 5.69 Å². The van der Waals surface area contributed by atoms with Crippen LogP contribution in [0.15, 0.2) is 24.3 Å². The summed E-state index contributed by atoms with van der Waals surface area (Å²) in [6.07, 6.45) is 0. The van der Waals surface area contributed by atoms with Gasteiger partial charge in [-0.2, -0.15) is 5.26 Å². The molecule has 0 N–H and O–H groups in total. The van der Waals surface area contributed by atoms with Crippen molar-refractivity contribution in [3.63, 3.8) is 0 Å². The highest BCUT2D eigenvalue weighted by Gasteiger charge is 2.16. The van der Waals surface area contributed by atoms with Gasteiger partial charge in [0.15, 0.2) is 5.82 Å². The molecule has 1 aromatic carbocycles. The third-order valence-corrected chi connectivity index (χ3v) is 3.06. The number of nitro benzene ring substituents is 1. The summed E-state index contributed by atoms with van der Waals surface area (Å²) in [4.78, 5) is 13.4. The molecule has 0 fully saturated rings. The number of benzene rings is 1. The van der Waals surface area contributed by atoms with Gasteiger partial charge in [0.1, 0.15) is 6.07 Å². The molecule has 0 radical (unpaired) electrons. The van der Waals surface area contributed by atoms with Gasteiger partial charge in [-0.25, -0.2) is 0 Å². The second-order valence-electron chi connectivity index (χ2n) is 4.22. The molecular formula is C13H14N6O2. The minimum absolute atomic E-state index is 0.00428. The Morgan fingerprint density at radius 2 is 1.90 bits per heavy atom. The molecule has 108 valence electrons. The molecule has 21 heavy (non-hydrogen) atoms. The zero-order chi connectivity index (χ0) is 15.4. The van der Waals surface area contributed by atoms with E-state index < -0.39 is 4.92 Å². The lowest BCUT2D eigenvalue weighted by atomic mass is 10.3. The Labute approximate surface area is 121 Å². The largest absolute Gasteiger partial charge is 0.353 e. The van der Waals surface area contributed by atoms with Gasteiger partial charge >= 0.3 is 0 Å². The number of hydrogen-bond donors (Lipinski definition) is 0. The van der Waals surface area contributed by atoms with Gasteiger partial charge < -0.3 is 4.90 Å². The maximum atomic E-state index is 10.6. The first-order valence-electron chi connectivity index (χ1n) is 6.47. The van der Waals surface area contributed by atoms with Crippen molar-refractivity contribution in [1.29, 1.82) is 5.26 Å². The Hall–Kier alpha value is -2.95. The SMILES string of the molecule is CCN(CC)c1nn(-c2ccc([N+](=O)[O-])cc2)nc1C#N. The molecule has 2 aromatic rings. The van der Waals surface area contributed by atoms with Crippen LogP contribution in [-0.4, -0.2) is 33.0 Å². The number of aromatic nitrogens is 3. The first-order chi connectivity index (χ1) is 10.1. The summed E-state index contributed by atoms with van der Waals surface area (Å²) in [5, 5.41) is 28.2. The highest BCUT2D eigenvalue weighted by Crippen LogP contribution is 2.19. The van der Waals surface area contributed by atoms with Crippen molar-refractivity contribution < 1.29 is 4.92 Å². The number of nitro groups is 1. The summed E-state index contributed by atoms with van der Waals surface area (Å²) in [7, 11) is 0. The molecule has 8 heteroatoms. The van der Waals surface area contributed by atoms with Gasteiger partial charge in [-0.1, -0.05) is 0 Å². The van der Waals surface area contributed by atoms with E-state index in [1.807, 2.05) is 24.8 Å². The van der Waals surface area contributed by atoms with Gasteiger partial charge in [-0.05, 0) is 26.0 Å². The predicted molar refractivity (Wildman–Crippen MR) is 76.3 cm³/mol. The van der Waals surface area contributed by atoms with Gasteiger partial charge in [0.25, 0.3) is 5.69 Å². The fraction of sp³-hybridized carbons (Fsp3) is 0.308. The molecular weight excluding hydrogens is 272 g/mol. The number of rotatable bonds is 5. The molecule has 0 saturated heterocycles. The Bertz CT molecular complexity index is 682. The van der Waals surface area contributed by atoms with Crippen LogP contribution in [0.2, 0.25) is 0 Å². The standard InChI is InChI=1S/C13H14N6O2/c1-3-17(4-2)13-12(9-14)15-18(16-13)10-5-7-11(8-6-10)19(20)21/h5-8H,3-4H2,1-2H3. The molecule has 1 aromatic heterocycles. The molecule has 0 amide bonds. The van der Waals surface area contributed by atoms with Gasteiger partial charge in [-0.3, -0.25) is 10.1 Å². The molecule has 0 aliphatic rings. The van der Waals surface area contributed by atoms with E-state index in [1.165, 1.54) is 16.9 Å². The molecule has 1 heterocycles. The van der Waals surface area contributed by atoms with Crippen molar-refractivity contribution in [1.82, 2.24) is 15.0 Å². The second kappa shape index (κ2) is 6.00. The summed E-state index contributed by atoms with van der Waals surface area (Å²) in [6.45, 7) is 5.36. The summed E-state index contributed by atoms with van der Waals surface area (Å²) in [6, 6.07) is 7.87. The molecule has 0 spiro atoms. The van der Waals surface area contributed by atoms with Crippen LogP contribution in [0.3, 0.4) is 0 Å². The van der Waals surface area contributed by atoms with Crippen molar-refractivity contribution >= 4 is 11.5 Å². The zero-order valence-corrected chi connectivity index (χ0v) is 11.7. The van der Waals surface area contributed by atoms with Crippen LogP contribution in [0, 0.1) is 21.4 Å². The molecule has 8 nitrogen and oxygen atoms in total. The van der Waals surface area contributed by atoms with Gasteiger partial charge in [-0.15, -0.1) is 15.0 Å². The number of nitrogens with zero attached hydrogens (tertiary/aromatic N) is 6. The maximum absolute atomic E-state index is 10.6. The average molecular weight is 286 g/mol. The van der Waals surface area contributed by atoms with E-state index in [0.29, 0.717) is 24.6 Å². The van der Waals surface area contributed by atoms with Crippen molar-refractivity contribution in [2.45, 2.75) is 13.8 Å². The summed E-state index contributed by atoms with van der Waals surface area (Å²) >= 11 is 0. The number of nitriles is 1. The van der Waals surface area contributed by atoms with Gasteiger partial charge in [0.05, 0.1) is 10.6 Å². The smallest absolute Gasteiger partial charge is 0.269 e. The van der Waals surface area contributed by atoms with Crippen LogP contribution in [0.4, 0.5) is 11.5 Å². The molecule has 0 bridgehead atoms. The minimum Gasteiger partial charge on any atom is -0.353 e. The van der Waals surface area contributed by atoms with Crippen LogP contribution in [0.25, 0.3) is 5.69 Å². The average Bonchev–Trinajstić information content (AvgIpc) is 2.93. The molecule has 0 aliphatic heterocycles. The van der Waals surface area contributed by atoms with E-state index in [0.717, 1.165) is 0 Å². The van der Waals surface area contributed by atoms with Crippen molar-refractivity contribution in [3.05, 3.63) is 40.1 Å². The summed E-state index contributed by atoms with van der Waals surface area (Å²) in [5.74, 6) is 0.515. The zero-order valence-electron chi connectivity index (χ0n) is 11.7. The van der Waals surface area contributed by atoms with E-state index in [9.17, 15) is 10.1 Å². The minimum atomic E-state index is -0.470. The fourth-order valence-corrected chi connectivity index (χ4v) is 1.93. The van der Waals surface area contributed by atoms with Crippen LogP contribution in [0.1, 0.15) is 19.5 Å². The fourth-order valence-electron chi connectivity index (χ4n) is 1.93. The predicted octanol–water partition coefficient (Wildman–Crippen LogP) is 1.89. The third-order valence-electron chi connectivity index (χ3n) is 3.06. The maximum Gasteiger partial charge on any atom is 0.269 e. The number of anilines is 1. The summed E-state index contributed by atoms with van der Waals surface area (Å²) < 4.78 is 0. The van der Waals surface area contributed by atoms with Gasteiger partial charge in [0, 0.05) is 25.2 Å². The van der Waals surface area contributed by atoms with E-state index in [4.69, 9.17) is 5.26 Å². The van der Waals surface area contributed by atoms with Crippen molar-refractivity contribution in [2.24, 2.45) is 0 Å². The normalized spacial score (nSPS) is 10.1. The Balaban J connectivity index is 2.41. The molecule has 0 unspecified atom stereocenters. The van der Waals surface area contributed by atoms with Crippen LogP contribution < -0.4 is 4.90 Å². The lowest BCUT2D eigenvalue weighted by Gasteiger charge is -2.16. The van der Waals surface area contributed by atoms with Crippen molar-refractivity contribution in [2.75, 3.05) is 18.0 Å². The van der Waals surface area contributed by atoms with Crippen molar-refractivity contribution in [3.8, 4) is 11.8 Å². The van der Waals surface area contributed by atoms with E-state index in [2.05, 4.69) is 10.2 Å². The van der Waals surface area contributed by atoms with Crippen LogP contribution in [-0.2, 0) is 0 Å². The van der Waals surface area contributed by atoms with E-state index in [1.54, 1.807) is 12.1 Å². The second-order valence-corrected chi connectivity index (χ2v) is 4.22. The summed E-state index contributed by atoms with van der Waals surface area (Å²) in [5.41, 5.74) is 0.794. The van der Waals surface area contributed by atoms with E-state index >= 15 is 0 Å². The van der Waals surface area contributed by atoms with Crippen LogP contribution >= 0.6 is 0 Å². The quantitative estimate of drug-likeness (QED) is 0.614. The lowest BCUT2D eigenvalue weighted by Crippen LogP contribution is -2.23. The highest BCUT2D eigenvalue weighted by molar-refractivity contribution is 5.50. The Morgan fingerprint density at radius 1 is 1.29 bits per heavy atom. The Morgan fingerprint density at radius 3 is 2.38 bits per heavy atom. The monoisotopic (exact) mass is 286 g/mol. The molecule has 0 atom stereocenters. The molecule has 0 aliphatic carbocycles. The first-order valence-corrected chi connectivity index (χ1v) is 6.47.